The van der Waals surface area contributed by atoms with Crippen LogP contribution in [0.4, 0.5) is 0 Å². The molecule has 0 atom stereocenters. The van der Waals surface area contributed by atoms with E-state index in [1.165, 1.54) is 4.90 Å². The Morgan fingerprint density at radius 3 is 2.50 bits per heavy atom. The molecule has 1 aliphatic heterocycles. The van der Waals surface area contributed by atoms with Crippen molar-refractivity contribution < 1.29 is 24.3 Å². The van der Waals surface area contributed by atoms with Crippen molar-refractivity contribution in [2.75, 3.05) is 39.4 Å². The summed E-state index contributed by atoms with van der Waals surface area (Å²) in [5.74, 6) is -0.312. The maximum absolute atomic E-state index is 12.7. The van der Waals surface area contributed by atoms with Gasteiger partial charge >= 0.3 is 0 Å². The van der Waals surface area contributed by atoms with Gasteiger partial charge < -0.3 is 14.5 Å². The highest BCUT2D eigenvalue weighted by atomic mass is 16.9. The molecule has 2 amide bonds. The second-order valence-corrected chi connectivity index (χ2v) is 6.43. The number of ether oxygens (including phenoxy) is 1. The van der Waals surface area contributed by atoms with Crippen LogP contribution in [-0.2, 0) is 4.84 Å². The Kier molecular flexibility index (Phi) is 8.19. The van der Waals surface area contributed by atoms with Gasteiger partial charge in [0, 0.05) is 13.1 Å². The Balaban J connectivity index is 1.92. The molecule has 0 aliphatic carbocycles. The van der Waals surface area contributed by atoms with E-state index in [2.05, 4.69) is 23.6 Å². The molecule has 9 heteroatoms. The second-order valence-electron chi connectivity index (χ2n) is 6.43. The predicted molar refractivity (Wildman–Crippen MR) is 102 cm³/mol. The minimum absolute atomic E-state index is 0.0585. The van der Waals surface area contributed by atoms with E-state index in [0.717, 1.165) is 26.1 Å². The molecule has 0 spiro atoms. The Morgan fingerprint density at radius 2 is 1.82 bits per heavy atom. The molecular weight excluding hydrogens is 366 g/mol. The molecule has 0 saturated heterocycles. The molecule has 1 aliphatic rings. The first kappa shape index (κ1) is 21.6. The van der Waals surface area contributed by atoms with E-state index < -0.39 is 5.09 Å². The highest BCUT2D eigenvalue weighted by molar-refractivity contribution is 6.22. The molecule has 0 N–H and O–H groups in total. The number of hydrogen-bond acceptors (Lipinski definition) is 7. The van der Waals surface area contributed by atoms with Crippen LogP contribution < -0.4 is 4.74 Å². The first-order chi connectivity index (χ1) is 13.5. The van der Waals surface area contributed by atoms with E-state index in [-0.39, 0.29) is 25.0 Å². The predicted octanol–water partition coefficient (Wildman–Crippen LogP) is 2.38. The monoisotopic (exact) mass is 393 g/mol. The molecule has 1 aromatic carbocycles. The molecule has 28 heavy (non-hydrogen) atoms. The maximum Gasteiger partial charge on any atom is 0.294 e. The van der Waals surface area contributed by atoms with E-state index >= 15 is 0 Å². The molecule has 154 valence electrons. The third kappa shape index (κ3) is 5.41. The van der Waals surface area contributed by atoms with Crippen LogP contribution in [0.25, 0.3) is 0 Å². The number of unbranched alkanes of at least 4 members (excludes halogenated alkanes) is 1. The SMILES string of the molecule is CCN(CC)CCCOc1cccc2c1C(=O)N(CCCCO[N+](=O)[O-])C2=O. The lowest BCUT2D eigenvalue weighted by molar-refractivity contribution is -0.757. The Bertz CT molecular complexity index is 705. The van der Waals surface area contributed by atoms with Crippen LogP contribution in [0.1, 0.15) is 53.8 Å². The minimum Gasteiger partial charge on any atom is -0.493 e. The number of nitrogens with zero attached hydrogens (tertiary/aromatic N) is 3. The van der Waals surface area contributed by atoms with Crippen molar-refractivity contribution in [3.05, 3.63) is 39.4 Å². The summed E-state index contributed by atoms with van der Waals surface area (Å²) in [6.07, 6.45) is 1.64. The van der Waals surface area contributed by atoms with Gasteiger partial charge in [-0.05, 0) is 44.5 Å². The fraction of sp³-hybridized carbons (Fsp3) is 0.579. The minimum atomic E-state index is -0.855. The standard InChI is InChI=1S/C19H27N3O6/c1-3-20(4-2)11-8-13-27-16-10-7-9-15-17(16)19(24)21(18(15)23)12-5-6-14-28-22(25)26/h7,9-10H,3-6,8,11-14H2,1-2H3. The third-order valence-electron chi connectivity index (χ3n) is 4.70. The summed E-state index contributed by atoms with van der Waals surface area (Å²) in [6, 6.07) is 5.03. The normalized spacial score (nSPS) is 13.2. The summed E-state index contributed by atoms with van der Waals surface area (Å²) in [4.78, 5) is 43.1. The van der Waals surface area contributed by atoms with Crippen molar-refractivity contribution in [2.45, 2.75) is 33.1 Å². The van der Waals surface area contributed by atoms with Crippen LogP contribution in [0.5, 0.6) is 5.75 Å². The zero-order chi connectivity index (χ0) is 20.5. The van der Waals surface area contributed by atoms with E-state index in [1.54, 1.807) is 18.2 Å². The number of imide groups is 1. The molecular formula is C19H27N3O6. The summed E-state index contributed by atoms with van der Waals surface area (Å²) >= 11 is 0. The zero-order valence-electron chi connectivity index (χ0n) is 16.4. The van der Waals surface area contributed by atoms with E-state index in [9.17, 15) is 19.7 Å². The van der Waals surface area contributed by atoms with Crippen LogP contribution in [0.15, 0.2) is 18.2 Å². The lowest BCUT2D eigenvalue weighted by Crippen LogP contribution is -2.31. The van der Waals surface area contributed by atoms with Crippen molar-refractivity contribution in [1.82, 2.24) is 9.80 Å². The van der Waals surface area contributed by atoms with Gasteiger partial charge in [-0.15, -0.1) is 10.1 Å². The first-order valence-electron chi connectivity index (χ1n) is 9.61. The Hall–Kier alpha value is -2.68. The van der Waals surface area contributed by atoms with Crippen LogP contribution in [0, 0.1) is 10.1 Å². The van der Waals surface area contributed by atoms with Crippen molar-refractivity contribution >= 4 is 11.8 Å². The molecule has 9 nitrogen and oxygen atoms in total. The average Bonchev–Trinajstić information content (AvgIpc) is 2.93. The van der Waals surface area contributed by atoms with Gasteiger partial charge in [0.1, 0.15) is 5.75 Å². The average molecular weight is 393 g/mol. The van der Waals surface area contributed by atoms with Gasteiger partial charge in [-0.25, -0.2) is 0 Å². The third-order valence-corrected chi connectivity index (χ3v) is 4.70. The summed E-state index contributed by atoms with van der Waals surface area (Å²) in [6.45, 7) is 7.68. The molecule has 0 fully saturated rings. The number of hydrogen-bond donors (Lipinski definition) is 0. The van der Waals surface area contributed by atoms with E-state index in [0.29, 0.717) is 36.3 Å². The molecule has 0 bridgehead atoms. The van der Waals surface area contributed by atoms with Gasteiger partial charge in [-0.1, -0.05) is 19.9 Å². The van der Waals surface area contributed by atoms with Crippen LogP contribution in [0.2, 0.25) is 0 Å². The van der Waals surface area contributed by atoms with Gasteiger partial charge in [0.2, 0.25) is 0 Å². The summed E-state index contributed by atoms with van der Waals surface area (Å²) in [7, 11) is 0. The summed E-state index contributed by atoms with van der Waals surface area (Å²) < 4.78 is 5.80. The van der Waals surface area contributed by atoms with Crippen LogP contribution in [-0.4, -0.2) is 66.1 Å². The van der Waals surface area contributed by atoms with E-state index in [1.807, 2.05) is 0 Å². The van der Waals surface area contributed by atoms with Gasteiger partial charge in [-0.2, -0.15) is 0 Å². The number of fused-ring (bicyclic) bond motifs is 1. The van der Waals surface area contributed by atoms with Crippen LogP contribution in [0.3, 0.4) is 0 Å². The van der Waals surface area contributed by atoms with E-state index in [4.69, 9.17) is 4.74 Å². The fourth-order valence-electron chi connectivity index (χ4n) is 3.15. The second kappa shape index (κ2) is 10.6. The molecule has 0 aromatic heterocycles. The van der Waals surface area contributed by atoms with Crippen molar-refractivity contribution in [3.63, 3.8) is 0 Å². The number of benzene rings is 1. The topological polar surface area (TPSA) is 102 Å². The first-order valence-corrected chi connectivity index (χ1v) is 9.61. The highest BCUT2D eigenvalue weighted by Crippen LogP contribution is 2.31. The molecule has 2 rings (SSSR count). The fourth-order valence-corrected chi connectivity index (χ4v) is 3.15. The van der Waals surface area contributed by atoms with Crippen molar-refractivity contribution in [2.24, 2.45) is 0 Å². The van der Waals surface area contributed by atoms with Crippen LogP contribution >= 0.6 is 0 Å². The van der Waals surface area contributed by atoms with Crippen molar-refractivity contribution in [1.29, 1.82) is 0 Å². The summed E-state index contributed by atoms with van der Waals surface area (Å²) in [5, 5.41) is 9.28. The number of amides is 2. The molecule has 1 aromatic rings. The number of carbonyl (C=O) groups is 2. The Labute approximate surface area is 164 Å². The maximum atomic E-state index is 12.7. The summed E-state index contributed by atoms with van der Waals surface area (Å²) in [5.41, 5.74) is 0.643. The molecule has 0 saturated carbocycles. The quantitative estimate of drug-likeness (QED) is 0.219. The number of rotatable bonds is 13. The smallest absolute Gasteiger partial charge is 0.294 e. The molecule has 1 heterocycles. The molecule has 0 unspecified atom stereocenters. The zero-order valence-corrected chi connectivity index (χ0v) is 16.4. The lowest BCUT2D eigenvalue weighted by Gasteiger charge is -2.18. The van der Waals surface area contributed by atoms with Crippen molar-refractivity contribution in [3.8, 4) is 5.75 Å². The lowest BCUT2D eigenvalue weighted by atomic mass is 10.1. The van der Waals surface area contributed by atoms with Gasteiger partial charge in [0.05, 0.1) is 24.3 Å². The highest BCUT2D eigenvalue weighted by Gasteiger charge is 2.37. The van der Waals surface area contributed by atoms with Gasteiger partial charge in [0.15, 0.2) is 0 Å². The Morgan fingerprint density at radius 1 is 1.07 bits per heavy atom. The molecule has 0 radical (unpaired) electrons. The van der Waals surface area contributed by atoms with Gasteiger partial charge in [-0.3, -0.25) is 14.5 Å². The largest absolute Gasteiger partial charge is 0.493 e. The number of carbonyl (C=O) groups excluding carboxylic acids is 2. The van der Waals surface area contributed by atoms with Gasteiger partial charge in [0.25, 0.3) is 16.9 Å².